The van der Waals surface area contributed by atoms with Gasteiger partial charge in [-0.05, 0) is 42.0 Å². The van der Waals surface area contributed by atoms with Gasteiger partial charge in [0.2, 0.25) is 5.95 Å². The third kappa shape index (κ3) is 3.88. The summed E-state index contributed by atoms with van der Waals surface area (Å²) in [5, 5.41) is 11.2. The maximum atomic E-state index is 12.4. The van der Waals surface area contributed by atoms with Gasteiger partial charge in [-0.2, -0.15) is 5.10 Å². The van der Waals surface area contributed by atoms with Gasteiger partial charge in [0.1, 0.15) is 12.1 Å². The van der Waals surface area contributed by atoms with Gasteiger partial charge in [-0.3, -0.25) is 15.1 Å². The first-order valence-electron chi connectivity index (χ1n) is 8.51. The molecule has 3 aromatic heterocycles. The molecule has 0 fully saturated rings. The molecule has 0 aliphatic rings. The van der Waals surface area contributed by atoms with E-state index in [4.69, 9.17) is 4.74 Å². The van der Waals surface area contributed by atoms with Crippen molar-refractivity contribution in [3.8, 4) is 11.4 Å². The third-order valence-corrected chi connectivity index (χ3v) is 3.99. The Morgan fingerprint density at radius 1 is 1.14 bits per heavy atom. The normalized spacial score (nSPS) is 10.6. The minimum atomic E-state index is -0.383. The van der Waals surface area contributed by atoms with Crippen molar-refractivity contribution in [2.45, 2.75) is 6.54 Å². The molecule has 1 aromatic carbocycles. The first-order chi connectivity index (χ1) is 13.7. The SMILES string of the molecule is COc1ccc(-n2ccc(C(=O)Nc3ncn(Cc4cccnc4)n3)n2)cc1. The van der Waals surface area contributed by atoms with E-state index >= 15 is 0 Å². The van der Waals surface area contributed by atoms with Crippen LogP contribution in [0, 0.1) is 0 Å². The number of nitrogens with zero attached hydrogens (tertiary/aromatic N) is 6. The number of methoxy groups -OCH3 is 1. The summed E-state index contributed by atoms with van der Waals surface area (Å²) in [6, 6.07) is 12.8. The number of pyridine rings is 1. The van der Waals surface area contributed by atoms with Crippen molar-refractivity contribution in [3.05, 3.63) is 78.6 Å². The number of carbonyl (C=O) groups excluding carboxylic acids is 1. The zero-order valence-corrected chi connectivity index (χ0v) is 15.1. The van der Waals surface area contributed by atoms with E-state index in [1.54, 1.807) is 47.5 Å². The summed E-state index contributed by atoms with van der Waals surface area (Å²) in [6.07, 6.45) is 6.73. The number of ether oxygens (including phenoxy) is 1. The van der Waals surface area contributed by atoms with Gasteiger partial charge in [-0.25, -0.2) is 14.3 Å². The fraction of sp³-hybridized carbons (Fsp3) is 0.105. The van der Waals surface area contributed by atoms with Crippen LogP contribution in [0.15, 0.2) is 67.4 Å². The topological polar surface area (TPSA) is 99.8 Å². The van der Waals surface area contributed by atoms with Crippen LogP contribution in [0.4, 0.5) is 5.95 Å². The number of nitrogens with one attached hydrogen (secondary N) is 1. The zero-order valence-electron chi connectivity index (χ0n) is 15.1. The Morgan fingerprint density at radius 2 is 2.00 bits per heavy atom. The zero-order chi connectivity index (χ0) is 19.3. The smallest absolute Gasteiger partial charge is 0.278 e. The first kappa shape index (κ1) is 17.4. The second-order valence-electron chi connectivity index (χ2n) is 5.92. The number of anilines is 1. The standard InChI is InChI=1S/C19H17N7O2/c1-28-16-6-4-15(5-7-16)26-10-8-17(23-26)18(27)22-19-21-13-25(24-19)12-14-3-2-9-20-11-14/h2-11,13H,12H2,1H3,(H,22,24,27). The predicted octanol–water partition coefficient (Wildman–Crippen LogP) is 2.17. The van der Waals surface area contributed by atoms with Crippen LogP contribution in [0.2, 0.25) is 0 Å². The summed E-state index contributed by atoms with van der Waals surface area (Å²) < 4.78 is 8.38. The number of amides is 1. The fourth-order valence-electron chi connectivity index (χ4n) is 2.60. The number of carbonyl (C=O) groups is 1. The van der Waals surface area contributed by atoms with Crippen LogP contribution in [-0.2, 0) is 6.54 Å². The van der Waals surface area contributed by atoms with Gasteiger partial charge < -0.3 is 4.74 Å². The van der Waals surface area contributed by atoms with Crippen molar-refractivity contribution in [1.82, 2.24) is 29.5 Å². The molecular weight excluding hydrogens is 358 g/mol. The van der Waals surface area contributed by atoms with Gasteiger partial charge in [0, 0.05) is 18.6 Å². The molecule has 0 aliphatic carbocycles. The number of benzene rings is 1. The summed E-state index contributed by atoms with van der Waals surface area (Å²) >= 11 is 0. The second kappa shape index (κ2) is 7.70. The molecule has 0 spiro atoms. The van der Waals surface area contributed by atoms with Crippen LogP contribution >= 0.6 is 0 Å². The molecular formula is C19H17N7O2. The molecule has 4 rings (SSSR count). The Morgan fingerprint density at radius 3 is 2.75 bits per heavy atom. The van der Waals surface area contributed by atoms with Crippen molar-refractivity contribution in [2.75, 3.05) is 12.4 Å². The van der Waals surface area contributed by atoms with Crippen LogP contribution in [0.1, 0.15) is 16.1 Å². The molecule has 0 saturated heterocycles. The molecule has 0 unspecified atom stereocenters. The van der Waals surface area contributed by atoms with Crippen molar-refractivity contribution < 1.29 is 9.53 Å². The molecule has 9 heteroatoms. The molecule has 0 aliphatic heterocycles. The third-order valence-electron chi connectivity index (χ3n) is 3.99. The maximum absolute atomic E-state index is 12.4. The van der Waals surface area contributed by atoms with Crippen molar-refractivity contribution in [1.29, 1.82) is 0 Å². The Hall–Kier alpha value is -4.01. The van der Waals surface area contributed by atoms with E-state index in [2.05, 4.69) is 25.5 Å². The molecule has 0 bridgehead atoms. The van der Waals surface area contributed by atoms with Crippen LogP contribution in [0.5, 0.6) is 5.75 Å². The highest BCUT2D eigenvalue weighted by Crippen LogP contribution is 2.15. The fourth-order valence-corrected chi connectivity index (χ4v) is 2.60. The predicted molar refractivity (Wildman–Crippen MR) is 101 cm³/mol. The number of hydrogen-bond acceptors (Lipinski definition) is 6. The van der Waals surface area contributed by atoms with Gasteiger partial charge in [0.05, 0.1) is 19.3 Å². The summed E-state index contributed by atoms with van der Waals surface area (Å²) in [5.41, 5.74) is 2.07. The lowest BCUT2D eigenvalue weighted by atomic mass is 10.3. The summed E-state index contributed by atoms with van der Waals surface area (Å²) in [6.45, 7) is 0.517. The molecule has 28 heavy (non-hydrogen) atoms. The van der Waals surface area contributed by atoms with Gasteiger partial charge in [0.15, 0.2) is 5.69 Å². The highest BCUT2D eigenvalue weighted by Gasteiger charge is 2.13. The van der Waals surface area contributed by atoms with Crippen LogP contribution in [-0.4, -0.2) is 42.5 Å². The average molecular weight is 375 g/mol. The van der Waals surface area contributed by atoms with E-state index in [0.717, 1.165) is 17.0 Å². The number of rotatable bonds is 6. The maximum Gasteiger partial charge on any atom is 0.278 e. The van der Waals surface area contributed by atoms with Gasteiger partial charge in [-0.15, -0.1) is 5.10 Å². The Bertz CT molecular complexity index is 1070. The van der Waals surface area contributed by atoms with Crippen molar-refractivity contribution in [2.24, 2.45) is 0 Å². The van der Waals surface area contributed by atoms with Crippen LogP contribution in [0.3, 0.4) is 0 Å². The molecule has 140 valence electrons. The van der Waals surface area contributed by atoms with E-state index < -0.39 is 0 Å². The quantitative estimate of drug-likeness (QED) is 0.554. The molecule has 0 radical (unpaired) electrons. The lowest BCUT2D eigenvalue weighted by molar-refractivity contribution is 0.102. The van der Waals surface area contributed by atoms with Gasteiger partial charge >= 0.3 is 0 Å². The lowest BCUT2D eigenvalue weighted by Gasteiger charge is -2.03. The molecule has 0 atom stereocenters. The van der Waals surface area contributed by atoms with Gasteiger partial charge in [0.25, 0.3) is 5.91 Å². The largest absolute Gasteiger partial charge is 0.497 e. The minimum Gasteiger partial charge on any atom is -0.497 e. The molecule has 1 amide bonds. The molecule has 4 aromatic rings. The Kier molecular flexibility index (Phi) is 4.79. The number of aromatic nitrogens is 6. The monoisotopic (exact) mass is 375 g/mol. The highest BCUT2D eigenvalue weighted by molar-refractivity contribution is 6.01. The molecule has 0 saturated carbocycles. The lowest BCUT2D eigenvalue weighted by Crippen LogP contribution is -2.14. The van der Waals surface area contributed by atoms with Crippen molar-refractivity contribution in [3.63, 3.8) is 0 Å². The Balaban J connectivity index is 1.42. The average Bonchev–Trinajstić information content (AvgIpc) is 3.39. The summed E-state index contributed by atoms with van der Waals surface area (Å²) in [7, 11) is 1.61. The first-order valence-corrected chi connectivity index (χ1v) is 8.51. The second-order valence-corrected chi connectivity index (χ2v) is 5.92. The molecule has 9 nitrogen and oxygen atoms in total. The number of hydrogen-bond donors (Lipinski definition) is 1. The highest BCUT2D eigenvalue weighted by atomic mass is 16.5. The van der Waals surface area contributed by atoms with E-state index in [9.17, 15) is 4.79 Å². The van der Waals surface area contributed by atoms with E-state index in [-0.39, 0.29) is 17.5 Å². The van der Waals surface area contributed by atoms with Gasteiger partial charge in [-0.1, -0.05) is 6.07 Å². The molecule has 1 N–H and O–H groups in total. The summed E-state index contributed by atoms with van der Waals surface area (Å²) in [4.78, 5) is 20.6. The van der Waals surface area contributed by atoms with E-state index in [1.165, 1.54) is 0 Å². The summed E-state index contributed by atoms with van der Waals surface area (Å²) in [5.74, 6) is 0.584. The Labute approximate surface area is 160 Å². The van der Waals surface area contributed by atoms with Crippen LogP contribution in [0.25, 0.3) is 5.69 Å². The molecule has 3 heterocycles. The van der Waals surface area contributed by atoms with E-state index in [1.807, 2.05) is 36.4 Å². The van der Waals surface area contributed by atoms with Crippen molar-refractivity contribution >= 4 is 11.9 Å². The van der Waals surface area contributed by atoms with E-state index in [0.29, 0.717) is 6.54 Å². The van der Waals surface area contributed by atoms with Crippen LogP contribution < -0.4 is 10.1 Å². The minimum absolute atomic E-state index is 0.216.